The summed E-state index contributed by atoms with van der Waals surface area (Å²) in [5, 5.41) is 0. The quantitative estimate of drug-likeness (QED) is 0.873. The van der Waals surface area contributed by atoms with Crippen LogP contribution in [0.4, 0.5) is 0 Å². The second-order valence-electron chi connectivity index (χ2n) is 4.39. The number of para-hydroxylation sites is 1. The Bertz CT molecular complexity index is 551. The first-order valence-electron chi connectivity index (χ1n) is 6.41. The maximum atomic E-state index is 12.1. The molecule has 0 fully saturated rings. The van der Waals surface area contributed by atoms with Crippen molar-refractivity contribution < 1.29 is 13.9 Å². The number of benzene rings is 1. The largest absolute Gasteiger partial charge is 0.492 e. The standard InChI is InChI=1S/C15H18N2O3/c1-17(7-8-19-13-5-3-2-4-6-13)15(18)12-9-14(10-16)20-11-12/h2-6,9,11H,7-8,10,16H2,1H3. The Labute approximate surface area is 117 Å². The van der Waals surface area contributed by atoms with Crippen LogP contribution in [0.2, 0.25) is 0 Å². The highest BCUT2D eigenvalue weighted by atomic mass is 16.5. The lowest BCUT2D eigenvalue weighted by Crippen LogP contribution is -2.30. The molecule has 5 heteroatoms. The minimum absolute atomic E-state index is 0.106. The highest BCUT2D eigenvalue weighted by Crippen LogP contribution is 2.10. The zero-order valence-electron chi connectivity index (χ0n) is 11.4. The lowest BCUT2D eigenvalue weighted by Gasteiger charge is -2.16. The summed E-state index contributed by atoms with van der Waals surface area (Å²) in [6.45, 7) is 1.22. The van der Waals surface area contributed by atoms with Crippen LogP contribution < -0.4 is 10.5 Å². The van der Waals surface area contributed by atoms with Crippen molar-refractivity contribution in [3.05, 3.63) is 54.0 Å². The summed E-state index contributed by atoms with van der Waals surface area (Å²) in [5.41, 5.74) is 5.95. The van der Waals surface area contributed by atoms with Crippen LogP contribution in [-0.2, 0) is 6.54 Å². The summed E-state index contributed by atoms with van der Waals surface area (Å²) >= 11 is 0. The van der Waals surface area contributed by atoms with E-state index in [4.69, 9.17) is 14.9 Å². The van der Waals surface area contributed by atoms with Gasteiger partial charge in [-0.2, -0.15) is 0 Å². The van der Waals surface area contributed by atoms with Crippen molar-refractivity contribution in [1.29, 1.82) is 0 Å². The number of likely N-dealkylation sites (N-methyl/N-ethyl adjacent to an activating group) is 1. The monoisotopic (exact) mass is 274 g/mol. The Kier molecular flexibility index (Phi) is 4.79. The van der Waals surface area contributed by atoms with Crippen molar-refractivity contribution in [3.63, 3.8) is 0 Å². The third-order valence-electron chi connectivity index (χ3n) is 2.89. The summed E-state index contributed by atoms with van der Waals surface area (Å²) in [5.74, 6) is 1.29. The van der Waals surface area contributed by atoms with E-state index in [1.807, 2.05) is 30.3 Å². The van der Waals surface area contributed by atoms with Crippen molar-refractivity contribution >= 4 is 5.91 Å². The van der Waals surface area contributed by atoms with Crippen molar-refractivity contribution in [2.75, 3.05) is 20.2 Å². The SMILES string of the molecule is CN(CCOc1ccccc1)C(=O)c1coc(CN)c1. The second-order valence-corrected chi connectivity index (χ2v) is 4.39. The van der Waals surface area contributed by atoms with Crippen LogP contribution in [0.15, 0.2) is 47.1 Å². The molecule has 0 atom stereocenters. The lowest BCUT2D eigenvalue weighted by molar-refractivity contribution is 0.0773. The van der Waals surface area contributed by atoms with Crippen LogP contribution in [0.25, 0.3) is 0 Å². The van der Waals surface area contributed by atoms with E-state index < -0.39 is 0 Å². The average Bonchev–Trinajstić information content (AvgIpc) is 2.96. The molecular weight excluding hydrogens is 256 g/mol. The zero-order chi connectivity index (χ0) is 14.4. The number of amides is 1. The molecule has 0 saturated carbocycles. The molecule has 0 saturated heterocycles. The van der Waals surface area contributed by atoms with Gasteiger partial charge in [-0.1, -0.05) is 18.2 Å². The van der Waals surface area contributed by atoms with Gasteiger partial charge in [0.05, 0.1) is 18.7 Å². The van der Waals surface area contributed by atoms with Crippen LogP contribution in [-0.4, -0.2) is 31.0 Å². The van der Waals surface area contributed by atoms with Crippen LogP contribution in [0.1, 0.15) is 16.1 Å². The molecule has 1 amide bonds. The van der Waals surface area contributed by atoms with Crippen LogP contribution in [0, 0.1) is 0 Å². The van der Waals surface area contributed by atoms with E-state index in [2.05, 4.69) is 0 Å². The van der Waals surface area contributed by atoms with Gasteiger partial charge in [-0.05, 0) is 18.2 Å². The van der Waals surface area contributed by atoms with E-state index in [1.54, 1.807) is 18.0 Å². The van der Waals surface area contributed by atoms with Gasteiger partial charge in [-0.15, -0.1) is 0 Å². The number of ether oxygens (including phenoxy) is 1. The second kappa shape index (κ2) is 6.77. The first-order chi connectivity index (χ1) is 9.70. The van der Waals surface area contributed by atoms with Crippen molar-refractivity contribution in [2.45, 2.75) is 6.54 Å². The molecule has 2 aromatic rings. The molecule has 0 aliphatic heterocycles. The Morgan fingerprint density at radius 1 is 1.35 bits per heavy atom. The highest BCUT2D eigenvalue weighted by Gasteiger charge is 2.14. The fraction of sp³-hybridized carbons (Fsp3) is 0.267. The minimum atomic E-state index is -0.106. The van der Waals surface area contributed by atoms with E-state index in [9.17, 15) is 4.79 Å². The summed E-state index contributed by atoms with van der Waals surface area (Å²) in [6, 6.07) is 11.2. The van der Waals surface area contributed by atoms with Crippen molar-refractivity contribution in [2.24, 2.45) is 5.73 Å². The highest BCUT2D eigenvalue weighted by molar-refractivity contribution is 5.93. The number of nitrogens with zero attached hydrogens (tertiary/aromatic N) is 1. The molecule has 20 heavy (non-hydrogen) atoms. The summed E-state index contributed by atoms with van der Waals surface area (Å²) < 4.78 is 10.7. The Hall–Kier alpha value is -2.27. The lowest BCUT2D eigenvalue weighted by atomic mass is 10.2. The normalized spacial score (nSPS) is 10.3. The number of carbonyl (C=O) groups excluding carboxylic acids is 1. The van der Waals surface area contributed by atoms with Gasteiger partial charge in [-0.3, -0.25) is 4.79 Å². The molecule has 106 valence electrons. The molecule has 0 radical (unpaired) electrons. The molecule has 2 rings (SSSR count). The first-order valence-corrected chi connectivity index (χ1v) is 6.41. The van der Waals surface area contributed by atoms with E-state index in [0.29, 0.717) is 24.5 Å². The minimum Gasteiger partial charge on any atom is -0.492 e. The van der Waals surface area contributed by atoms with Crippen molar-refractivity contribution in [3.8, 4) is 5.75 Å². The number of nitrogens with two attached hydrogens (primary N) is 1. The molecule has 0 unspecified atom stereocenters. The summed E-state index contributed by atoms with van der Waals surface area (Å²) in [6.07, 6.45) is 1.43. The van der Waals surface area contributed by atoms with Crippen LogP contribution in [0.3, 0.4) is 0 Å². The van der Waals surface area contributed by atoms with Gasteiger partial charge in [0, 0.05) is 7.05 Å². The predicted molar refractivity (Wildman–Crippen MR) is 75.5 cm³/mol. The summed E-state index contributed by atoms with van der Waals surface area (Å²) in [4.78, 5) is 13.7. The number of hydrogen-bond donors (Lipinski definition) is 1. The Morgan fingerprint density at radius 2 is 2.10 bits per heavy atom. The molecule has 1 aromatic heterocycles. The van der Waals surface area contributed by atoms with Crippen molar-refractivity contribution in [1.82, 2.24) is 4.90 Å². The predicted octanol–water partition coefficient (Wildman–Crippen LogP) is 1.89. The molecular formula is C15H18N2O3. The Morgan fingerprint density at radius 3 is 2.75 bits per heavy atom. The van der Waals surface area contributed by atoms with Crippen LogP contribution >= 0.6 is 0 Å². The van der Waals surface area contributed by atoms with E-state index in [0.717, 1.165) is 5.75 Å². The number of rotatable bonds is 6. The third kappa shape index (κ3) is 3.61. The molecule has 0 aliphatic rings. The number of carbonyl (C=O) groups is 1. The topological polar surface area (TPSA) is 68.7 Å². The van der Waals surface area contributed by atoms with Gasteiger partial charge in [-0.25, -0.2) is 0 Å². The molecule has 0 spiro atoms. The third-order valence-corrected chi connectivity index (χ3v) is 2.89. The average molecular weight is 274 g/mol. The fourth-order valence-corrected chi connectivity index (χ4v) is 1.74. The molecule has 0 bridgehead atoms. The summed E-state index contributed by atoms with van der Waals surface area (Å²) in [7, 11) is 1.73. The van der Waals surface area contributed by atoms with Gasteiger partial charge < -0.3 is 19.8 Å². The van der Waals surface area contributed by atoms with Gasteiger partial charge >= 0.3 is 0 Å². The molecule has 1 aromatic carbocycles. The van der Waals surface area contributed by atoms with Gasteiger partial charge in [0.2, 0.25) is 0 Å². The molecule has 1 heterocycles. The van der Waals surface area contributed by atoms with Gasteiger partial charge in [0.25, 0.3) is 5.91 Å². The first kappa shape index (κ1) is 14.1. The maximum absolute atomic E-state index is 12.1. The van der Waals surface area contributed by atoms with E-state index >= 15 is 0 Å². The zero-order valence-corrected chi connectivity index (χ0v) is 11.4. The Balaban J connectivity index is 1.82. The smallest absolute Gasteiger partial charge is 0.256 e. The fourth-order valence-electron chi connectivity index (χ4n) is 1.74. The molecule has 2 N–H and O–H groups in total. The number of hydrogen-bond acceptors (Lipinski definition) is 4. The van der Waals surface area contributed by atoms with E-state index in [1.165, 1.54) is 6.26 Å². The maximum Gasteiger partial charge on any atom is 0.256 e. The molecule has 0 aliphatic carbocycles. The van der Waals surface area contributed by atoms with Gasteiger partial charge in [0.1, 0.15) is 24.4 Å². The van der Waals surface area contributed by atoms with Crippen LogP contribution in [0.5, 0.6) is 5.75 Å². The number of furan rings is 1. The van der Waals surface area contributed by atoms with E-state index in [-0.39, 0.29) is 12.5 Å². The molecule has 5 nitrogen and oxygen atoms in total. The van der Waals surface area contributed by atoms with Gasteiger partial charge in [0.15, 0.2) is 0 Å².